The van der Waals surface area contributed by atoms with E-state index in [-0.39, 0.29) is 17.6 Å². The van der Waals surface area contributed by atoms with Crippen LogP contribution in [0.4, 0.5) is 5.13 Å². The van der Waals surface area contributed by atoms with Crippen LogP contribution in [0, 0.1) is 6.92 Å². The molecular formula is C18H22N6O2S3. The number of aryl methyl sites for hydroxylation is 1. The van der Waals surface area contributed by atoms with Gasteiger partial charge in [-0.2, -0.15) is 0 Å². The molecule has 154 valence electrons. The lowest BCUT2D eigenvalue weighted by Crippen LogP contribution is -2.21. The minimum atomic E-state index is -0.196. The van der Waals surface area contributed by atoms with Gasteiger partial charge in [0.2, 0.25) is 5.91 Å². The van der Waals surface area contributed by atoms with Crippen LogP contribution in [0.1, 0.15) is 33.0 Å². The molecule has 0 aromatic carbocycles. The van der Waals surface area contributed by atoms with Gasteiger partial charge in [0.05, 0.1) is 11.4 Å². The molecule has 3 aromatic rings. The SMILES string of the molecule is CCn1c(Cc2cccs2)nnc1SCC(=O)Nc1nc(C)c(C(=O)N(C)C)s1. The van der Waals surface area contributed by atoms with Gasteiger partial charge in [0.15, 0.2) is 10.3 Å². The second-order valence-corrected chi connectivity index (χ2v) is 9.34. The highest BCUT2D eigenvalue weighted by molar-refractivity contribution is 7.99. The number of nitrogens with zero attached hydrogens (tertiary/aromatic N) is 5. The summed E-state index contributed by atoms with van der Waals surface area (Å²) in [7, 11) is 3.37. The molecule has 0 fully saturated rings. The van der Waals surface area contributed by atoms with Gasteiger partial charge in [0.25, 0.3) is 5.91 Å². The molecular weight excluding hydrogens is 428 g/mol. The summed E-state index contributed by atoms with van der Waals surface area (Å²) < 4.78 is 2.03. The third-order valence-corrected chi connectivity index (χ3v) is 6.90. The summed E-state index contributed by atoms with van der Waals surface area (Å²) in [5.41, 5.74) is 0.612. The second-order valence-electron chi connectivity index (χ2n) is 6.37. The summed E-state index contributed by atoms with van der Waals surface area (Å²) in [6, 6.07) is 4.09. The average molecular weight is 451 g/mol. The molecule has 0 spiro atoms. The molecule has 0 saturated carbocycles. The van der Waals surface area contributed by atoms with E-state index < -0.39 is 0 Å². The van der Waals surface area contributed by atoms with Gasteiger partial charge >= 0.3 is 0 Å². The Hall–Kier alpha value is -2.24. The van der Waals surface area contributed by atoms with Crippen LogP contribution >= 0.6 is 34.4 Å². The lowest BCUT2D eigenvalue weighted by atomic mass is 10.3. The molecule has 0 aliphatic carbocycles. The molecule has 11 heteroatoms. The summed E-state index contributed by atoms with van der Waals surface area (Å²) in [5, 5.41) is 14.5. The van der Waals surface area contributed by atoms with Gasteiger partial charge in [-0.1, -0.05) is 29.2 Å². The first kappa shape index (κ1) is 21.5. The van der Waals surface area contributed by atoms with E-state index in [1.807, 2.05) is 22.9 Å². The molecule has 0 bridgehead atoms. The van der Waals surface area contributed by atoms with E-state index in [2.05, 4.69) is 26.6 Å². The minimum Gasteiger partial charge on any atom is -0.344 e. The van der Waals surface area contributed by atoms with Crippen molar-refractivity contribution in [2.45, 2.75) is 32.0 Å². The van der Waals surface area contributed by atoms with Crippen molar-refractivity contribution in [1.29, 1.82) is 0 Å². The third-order valence-electron chi connectivity index (χ3n) is 4.00. The molecule has 0 aliphatic rings. The van der Waals surface area contributed by atoms with Crippen molar-refractivity contribution in [2.24, 2.45) is 0 Å². The van der Waals surface area contributed by atoms with Crippen LogP contribution in [-0.4, -0.2) is 56.3 Å². The molecule has 29 heavy (non-hydrogen) atoms. The quantitative estimate of drug-likeness (QED) is 0.530. The molecule has 0 aliphatic heterocycles. The number of thioether (sulfide) groups is 1. The minimum absolute atomic E-state index is 0.121. The Kier molecular flexibility index (Phi) is 7.04. The van der Waals surface area contributed by atoms with Gasteiger partial charge in [-0.05, 0) is 25.3 Å². The number of thiophene rings is 1. The number of hydrogen-bond donors (Lipinski definition) is 1. The number of carbonyl (C=O) groups excluding carboxylic acids is 2. The molecule has 0 unspecified atom stereocenters. The van der Waals surface area contributed by atoms with Crippen LogP contribution in [0.2, 0.25) is 0 Å². The van der Waals surface area contributed by atoms with Crippen molar-refractivity contribution in [1.82, 2.24) is 24.6 Å². The molecule has 0 radical (unpaired) electrons. The van der Waals surface area contributed by atoms with Crippen LogP contribution in [0.3, 0.4) is 0 Å². The maximum Gasteiger partial charge on any atom is 0.265 e. The maximum atomic E-state index is 12.4. The first-order valence-electron chi connectivity index (χ1n) is 8.95. The standard InChI is InChI=1S/C18H22N6O2S3/c1-5-24-13(9-12-7-6-8-27-12)21-22-18(24)28-10-14(25)20-17-19-11(2)15(29-17)16(26)23(3)4/h6-8H,5,9-10H2,1-4H3,(H,19,20,25). The van der Waals surface area contributed by atoms with Gasteiger partial charge in [0, 0.05) is 31.9 Å². The highest BCUT2D eigenvalue weighted by Gasteiger charge is 2.19. The van der Waals surface area contributed by atoms with Crippen LogP contribution in [0.25, 0.3) is 0 Å². The molecule has 1 N–H and O–H groups in total. The van der Waals surface area contributed by atoms with Crippen LogP contribution < -0.4 is 5.32 Å². The number of amides is 2. The summed E-state index contributed by atoms with van der Waals surface area (Å²) in [6.45, 7) is 4.53. The van der Waals surface area contributed by atoms with E-state index in [1.165, 1.54) is 32.9 Å². The Bertz CT molecular complexity index is 994. The van der Waals surface area contributed by atoms with E-state index >= 15 is 0 Å². The van der Waals surface area contributed by atoms with Crippen LogP contribution in [0.15, 0.2) is 22.7 Å². The predicted molar refractivity (Wildman–Crippen MR) is 117 cm³/mol. The van der Waals surface area contributed by atoms with Crippen LogP contribution in [0.5, 0.6) is 0 Å². The number of nitrogens with one attached hydrogen (secondary N) is 1. The average Bonchev–Trinajstić information content (AvgIpc) is 3.40. The smallest absolute Gasteiger partial charge is 0.265 e. The van der Waals surface area contributed by atoms with Crippen molar-refractivity contribution >= 4 is 51.4 Å². The molecule has 3 aromatic heterocycles. The molecule has 8 nitrogen and oxygen atoms in total. The monoisotopic (exact) mass is 450 g/mol. The predicted octanol–water partition coefficient (Wildman–Crippen LogP) is 3.15. The Morgan fingerprint density at radius 2 is 2.10 bits per heavy atom. The number of thiazole rings is 1. The van der Waals surface area contributed by atoms with E-state index in [9.17, 15) is 9.59 Å². The Balaban J connectivity index is 1.60. The van der Waals surface area contributed by atoms with E-state index in [0.717, 1.165) is 18.8 Å². The molecule has 2 amide bonds. The zero-order valence-electron chi connectivity index (χ0n) is 16.6. The number of aromatic nitrogens is 4. The topological polar surface area (TPSA) is 93.0 Å². The van der Waals surface area contributed by atoms with Crippen molar-refractivity contribution in [3.63, 3.8) is 0 Å². The first-order chi connectivity index (χ1) is 13.9. The third kappa shape index (κ3) is 5.22. The van der Waals surface area contributed by atoms with Gasteiger partial charge in [0.1, 0.15) is 10.7 Å². The highest BCUT2D eigenvalue weighted by atomic mass is 32.2. The van der Waals surface area contributed by atoms with Crippen molar-refractivity contribution in [3.8, 4) is 0 Å². The van der Waals surface area contributed by atoms with Crippen molar-refractivity contribution in [3.05, 3.63) is 38.8 Å². The summed E-state index contributed by atoms with van der Waals surface area (Å²) in [5.74, 6) is 0.759. The lowest BCUT2D eigenvalue weighted by molar-refractivity contribution is -0.113. The fourth-order valence-electron chi connectivity index (χ4n) is 2.58. The Labute approximate surface area is 181 Å². The fraction of sp³-hybridized carbons (Fsp3) is 0.389. The maximum absolute atomic E-state index is 12.4. The van der Waals surface area contributed by atoms with E-state index in [1.54, 1.807) is 32.4 Å². The number of anilines is 1. The number of hydrogen-bond acceptors (Lipinski definition) is 8. The summed E-state index contributed by atoms with van der Waals surface area (Å²) in [4.78, 5) is 32.0. The van der Waals surface area contributed by atoms with Crippen molar-refractivity contribution < 1.29 is 9.59 Å². The molecule has 0 saturated heterocycles. The Morgan fingerprint density at radius 1 is 1.31 bits per heavy atom. The van der Waals surface area contributed by atoms with Gasteiger partial charge in [-0.25, -0.2) is 4.98 Å². The van der Waals surface area contributed by atoms with E-state index in [0.29, 0.717) is 20.9 Å². The highest BCUT2D eigenvalue weighted by Crippen LogP contribution is 2.25. The first-order valence-corrected chi connectivity index (χ1v) is 11.6. The number of carbonyl (C=O) groups is 2. The summed E-state index contributed by atoms with van der Waals surface area (Å²) in [6.07, 6.45) is 0.729. The van der Waals surface area contributed by atoms with E-state index in [4.69, 9.17) is 0 Å². The second kappa shape index (κ2) is 9.51. The fourth-order valence-corrected chi connectivity index (χ4v) is 5.11. The largest absolute Gasteiger partial charge is 0.344 e. The lowest BCUT2D eigenvalue weighted by Gasteiger charge is -2.07. The summed E-state index contributed by atoms with van der Waals surface area (Å²) >= 11 is 4.21. The number of rotatable bonds is 8. The van der Waals surface area contributed by atoms with Gasteiger partial charge < -0.3 is 14.8 Å². The van der Waals surface area contributed by atoms with Gasteiger partial charge in [-0.15, -0.1) is 21.5 Å². The zero-order chi connectivity index (χ0) is 21.0. The Morgan fingerprint density at radius 3 is 2.76 bits per heavy atom. The van der Waals surface area contributed by atoms with Gasteiger partial charge in [-0.3, -0.25) is 9.59 Å². The van der Waals surface area contributed by atoms with Crippen LogP contribution in [-0.2, 0) is 17.8 Å². The molecule has 3 heterocycles. The van der Waals surface area contributed by atoms with Crippen molar-refractivity contribution in [2.75, 3.05) is 25.2 Å². The normalized spacial score (nSPS) is 10.9. The zero-order valence-corrected chi connectivity index (χ0v) is 19.1. The molecule has 3 rings (SSSR count). The molecule has 0 atom stereocenters.